The summed E-state index contributed by atoms with van der Waals surface area (Å²) in [6.45, 7) is 2.90. The molecule has 4 rings (SSSR count). The van der Waals surface area contributed by atoms with Gasteiger partial charge in [0.05, 0.1) is 23.4 Å². The number of amidine groups is 1. The molecule has 1 aromatic carbocycles. The summed E-state index contributed by atoms with van der Waals surface area (Å²) in [5, 5.41) is 2.44. The number of hydrogen-bond donors (Lipinski definition) is 1. The highest BCUT2D eigenvalue weighted by Gasteiger charge is 2.33. The maximum Gasteiger partial charge on any atom is 0.260 e. The summed E-state index contributed by atoms with van der Waals surface area (Å²) in [4.78, 5) is 23.0. The Labute approximate surface area is 135 Å². The Balaban J connectivity index is 1.74. The Morgan fingerprint density at radius 3 is 3.00 bits per heavy atom. The smallest absolute Gasteiger partial charge is 0.260 e. The first-order chi connectivity index (χ1) is 11.5. The molecule has 24 heavy (non-hydrogen) atoms. The van der Waals surface area contributed by atoms with Crippen molar-refractivity contribution in [2.45, 2.75) is 6.92 Å². The van der Waals surface area contributed by atoms with Gasteiger partial charge in [0.15, 0.2) is 0 Å². The minimum atomic E-state index is -0.851. The van der Waals surface area contributed by atoms with E-state index in [1.165, 1.54) is 6.07 Å². The van der Waals surface area contributed by atoms with E-state index in [0.717, 1.165) is 6.07 Å². The lowest BCUT2D eigenvalue weighted by molar-refractivity contribution is 0.102. The number of nitrogens with one attached hydrogen (secondary N) is 1. The standard InChI is InChI=1S/C16H12F2N4O2/c1-8-12(15(23)21-11-3-2-9(17)6-10(11)18)13-14-19-4-5-22(14)7-20-16(13)24-8/h2-3,6-7H,4-5H2,1H3,(H,21,23). The second kappa shape index (κ2) is 5.26. The molecular formula is C16H12F2N4O2. The van der Waals surface area contributed by atoms with Gasteiger partial charge in [0.25, 0.3) is 5.91 Å². The van der Waals surface area contributed by atoms with Crippen molar-refractivity contribution < 1.29 is 18.0 Å². The summed E-state index contributed by atoms with van der Waals surface area (Å²) in [5.74, 6) is -0.858. The predicted octanol–water partition coefficient (Wildman–Crippen LogP) is 2.85. The van der Waals surface area contributed by atoms with E-state index in [9.17, 15) is 13.6 Å². The lowest BCUT2D eigenvalue weighted by atomic mass is 10.1. The van der Waals surface area contributed by atoms with E-state index in [2.05, 4.69) is 15.3 Å². The molecule has 2 aromatic rings. The molecular weight excluding hydrogens is 318 g/mol. The van der Waals surface area contributed by atoms with Crippen LogP contribution in [0.25, 0.3) is 0 Å². The summed E-state index contributed by atoms with van der Waals surface area (Å²) >= 11 is 0. The number of rotatable bonds is 2. The number of aryl methyl sites for hydroxylation is 1. The predicted molar refractivity (Wildman–Crippen MR) is 84.0 cm³/mol. The Morgan fingerprint density at radius 1 is 1.38 bits per heavy atom. The molecule has 8 heteroatoms. The van der Waals surface area contributed by atoms with Gasteiger partial charge in [-0.2, -0.15) is 0 Å². The summed E-state index contributed by atoms with van der Waals surface area (Å²) in [6.07, 6.45) is 1.61. The summed E-state index contributed by atoms with van der Waals surface area (Å²) in [7, 11) is 0. The number of carbonyl (C=O) groups is 1. The molecule has 0 saturated carbocycles. The van der Waals surface area contributed by atoms with Crippen LogP contribution in [-0.4, -0.2) is 36.1 Å². The first-order valence-corrected chi connectivity index (χ1v) is 7.30. The highest BCUT2D eigenvalue weighted by Crippen LogP contribution is 2.34. The second-order valence-electron chi connectivity index (χ2n) is 5.43. The van der Waals surface area contributed by atoms with Gasteiger partial charge in [0.1, 0.15) is 29.6 Å². The molecule has 6 nitrogen and oxygen atoms in total. The first-order valence-electron chi connectivity index (χ1n) is 7.30. The van der Waals surface area contributed by atoms with Gasteiger partial charge < -0.3 is 14.6 Å². The number of benzene rings is 1. The van der Waals surface area contributed by atoms with E-state index in [1.807, 2.05) is 4.90 Å². The van der Waals surface area contributed by atoms with E-state index in [0.29, 0.717) is 42.2 Å². The Kier molecular flexibility index (Phi) is 3.19. The van der Waals surface area contributed by atoms with E-state index >= 15 is 0 Å². The zero-order valence-corrected chi connectivity index (χ0v) is 12.6. The fourth-order valence-electron chi connectivity index (χ4n) is 2.80. The van der Waals surface area contributed by atoms with Gasteiger partial charge in [0.2, 0.25) is 5.88 Å². The van der Waals surface area contributed by atoms with E-state index in [-0.39, 0.29) is 11.3 Å². The van der Waals surface area contributed by atoms with Gasteiger partial charge >= 0.3 is 0 Å². The number of aliphatic imine (C=N–C) groups is 2. The first kappa shape index (κ1) is 14.6. The molecule has 0 spiro atoms. The Bertz CT molecular complexity index is 917. The third-order valence-electron chi connectivity index (χ3n) is 3.88. The normalized spacial score (nSPS) is 15.1. The molecule has 0 atom stereocenters. The van der Waals surface area contributed by atoms with Crippen molar-refractivity contribution >= 4 is 29.7 Å². The average Bonchev–Trinajstić information content (AvgIpc) is 3.12. The third-order valence-corrected chi connectivity index (χ3v) is 3.88. The van der Waals surface area contributed by atoms with Gasteiger partial charge in [-0.15, -0.1) is 0 Å². The molecule has 1 aromatic heterocycles. The molecule has 122 valence electrons. The monoisotopic (exact) mass is 330 g/mol. The van der Waals surface area contributed by atoms with Crippen molar-refractivity contribution in [1.82, 2.24) is 4.90 Å². The van der Waals surface area contributed by atoms with E-state index in [1.54, 1.807) is 13.3 Å². The van der Waals surface area contributed by atoms with Crippen LogP contribution < -0.4 is 5.32 Å². The molecule has 1 amide bonds. The lowest BCUT2D eigenvalue weighted by Gasteiger charge is -2.18. The van der Waals surface area contributed by atoms with Crippen LogP contribution in [0.5, 0.6) is 0 Å². The molecule has 0 fully saturated rings. The van der Waals surface area contributed by atoms with E-state index in [4.69, 9.17) is 4.42 Å². The van der Waals surface area contributed by atoms with Crippen LogP contribution in [0.2, 0.25) is 0 Å². The molecule has 1 N–H and O–H groups in total. The molecule has 0 radical (unpaired) electrons. The van der Waals surface area contributed by atoms with Gasteiger partial charge in [-0.25, -0.2) is 13.8 Å². The van der Waals surface area contributed by atoms with Crippen LogP contribution in [0.4, 0.5) is 20.4 Å². The summed E-state index contributed by atoms with van der Waals surface area (Å²) < 4.78 is 32.3. The Morgan fingerprint density at radius 2 is 2.21 bits per heavy atom. The topological polar surface area (TPSA) is 70.2 Å². The fraction of sp³-hybridized carbons (Fsp3) is 0.188. The van der Waals surface area contributed by atoms with E-state index < -0.39 is 17.5 Å². The van der Waals surface area contributed by atoms with Crippen molar-refractivity contribution in [3.05, 3.63) is 46.7 Å². The van der Waals surface area contributed by atoms with Crippen LogP contribution in [0.1, 0.15) is 21.7 Å². The van der Waals surface area contributed by atoms with Crippen LogP contribution in [0.15, 0.2) is 32.6 Å². The third kappa shape index (κ3) is 2.18. The number of carbonyl (C=O) groups excluding carboxylic acids is 1. The molecule has 0 unspecified atom stereocenters. The molecule has 0 aliphatic carbocycles. The SMILES string of the molecule is Cc1oc2c(c1C(=O)Nc1ccc(F)cc1F)C1=NCCN1C=N2. The van der Waals surface area contributed by atoms with Crippen molar-refractivity contribution in [3.63, 3.8) is 0 Å². The number of anilines is 1. The molecule has 2 aliphatic heterocycles. The molecule has 2 aliphatic rings. The number of nitrogens with zero attached hydrogens (tertiary/aromatic N) is 3. The molecule has 3 heterocycles. The minimum absolute atomic E-state index is 0.111. The minimum Gasteiger partial charge on any atom is -0.442 e. The zero-order chi connectivity index (χ0) is 16.8. The van der Waals surface area contributed by atoms with Crippen LogP contribution in [0.3, 0.4) is 0 Å². The second-order valence-corrected chi connectivity index (χ2v) is 5.43. The quantitative estimate of drug-likeness (QED) is 0.920. The number of halogens is 2. The lowest BCUT2D eigenvalue weighted by Crippen LogP contribution is -2.30. The van der Waals surface area contributed by atoms with Crippen LogP contribution in [-0.2, 0) is 0 Å². The van der Waals surface area contributed by atoms with Crippen molar-refractivity contribution in [2.75, 3.05) is 18.4 Å². The number of furan rings is 1. The van der Waals surface area contributed by atoms with Crippen molar-refractivity contribution in [1.29, 1.82) is 0 Å². The average molecular weight is 330 g/mol. The van der Waals surface area contributed by atoms with Crippen LogP contribution in [0, 0.1) is 18.6 Å². The highest BCUT2D eigenvalue weighted by atomic mass is 19.1. The van der Waals surface area contributed by atoms with Crippen molar-refractivity contribution in [2.24, 2.45) is 9.98 Å². The van der Waals surface area contributed by atoms with Gasteiger partial charge in [-0.3, -0.25) is 9.79 Å². The van der Waals surface area contributed by atoms with Gasteiger partial charge in [0, 0.05) is 12.6 Å². The van der Waals surface area contributed by atoms with Crippen LogP contribution >= 0.6 is 0 Å². The van der Waals surface area contributed by atoms with Crippen molar-refractivity contribution in [3.8, 4) is 0 Å². The largest absolute Gasteiger partial charge is 0.442 e. The maximum atomic E-state index is 13.8. The summed E-state index contributed by atoms with van der Waals surface area (Å²) in [5.41, 5.74) is 0.629. The highest BCUT2D eigenvalue weighted by molar-refractivity contribution is 6.19. The maximum absolute atomic E-state index is 13.8. The summed E-state index contributed by atoms with van der Waals surface area (Å²) in [6, 6.07) is 2.95. The van der Waals surface area contributed by atoms with Gasteiger partial charge in [-0.05, 0) is 19.1 Å². The van der Waals surface area contributed by atoms with Gasteiger partial charge in [-0.1, -0.05) is 0 Å². The molecule has 0 bridgehead atoms. The Hall–Kier alpha value is -3.03. The number of fused-ring (bicyclic) bond motifs is 3. The number of hydrogen-bond acceptors (Lipinski definition) is 5. The number of amides is 1. The zero-order valence-electron chi connectivity index (χ0n) is 12.6. The molecule has 0 saturated heterocycles. The fourth-order valence-corrected chi connectivity index (χ4v) is 2.80.